The molecule has 0 saturated carbocycles. The van der Waals surface area contributed by atoms with Gasteiger partial charge in [0.2, 0.25) is 11.8 Å². The summed E-state index contributed by atoms with van der Waals surface area (Å²) < 4.78 is 7.14. The van der Waals surface area contributed by atoms with Crippen LogP contribution in [-0.2, 0) is 0 Å². The van der Waals surface area contributed by atoms with Gasteiger partial charge < -0.3 is 21.9 Å². The van der Waals surface area contributed by atoms with Gasteiger partial charge in [-0.05, 0) is 24.3 Å². The molecule has 1 aromatic heterocycles. The molecule has 6 N–H and O–H groups in total. The van der Waals surface area contributed by atoms with Gasteiger partial charge >= 0.3 is 0 Å². The van der Waals surface area contributed by atoms with Gasteiger partial charge in [-0.15, -0.1) is 17.5 Å². The van der Waals surface area contributed by atoms with Gasteiger partial charge in [0, 0.05) is 17.3 Å². The number of rotatable bonds is 5. The van der Waals surface area contributed by atoms with E-state index in [9.17, 15) is 0 Å². The van der Waals surface area contributed by atoms with E-state index in [-0.39, 0.29) is 24.3 Å². The lowest BCUT2D eigenvalue weighted by Gasteiger charge is -2.02. The molecule has 0 atom stereocenters. The molecule has 0 saturated heterocycles. The molecule has 0 aliphatic rings. The maximum atomic E-state index is 5.84. The summed E-state index contributed by atoms with van der Waals surface area (Å²) in [7, 11) is 0. The number of halogens is 2. The van der Waals surface area contributed by atoms with Crippen molar-refractivity contribution in [3.05, 3.63) is 41.6 Å². The number of aliphatic imine (C=N–C) groups is 2. The minimum absolute atomic E-state index is 0. The summed E-state index contributed by atoms with van der Waals surface area (Å²) in [6, 6.07) is 9.05. The second-order valence-corrected chi connectivity index (χ2v) is 4.64. The molecule has 0 aliphatic carbocycles. The zero-order valence-electron chi connectivity index (χ0n) is 12.1. The molecule has 0 radical (unpaired) electrons. The summed E-state index contributed by atoms with van der Waals surface area (Å²) >= 11 is 5.84. The van der Waals surface area contributed by atoms with Gasteiger partial charge in [-0.2, -0.15) is 4.99 Å². The number of nitrogens with zero attached hydrogens (tertiary/aromatic N) is 4. The predicted molar refractivity (Wildman–Crippen MR) is 93.6 cm³/mol. The number of hydrogen-bond donors (Lipinski definition) is 3. The first-order chi connectivity index (χ1) is 10.5. The zero-order valence-corrected chi connectivity index (χ0v) is 13.7. The first-order valence-electron chi connectivity index (χ1n) is 6.38. The van der Waals surface area contributed by atoms with Crippen LogP contribution in [0.15, 0.2) is 46.5 Å². The van der Waals surface area contributed by atoms with Crippen molar-refractivity contribution in [2.75, 3.05) is 13.2 Å². The van der Waals surface area contributed by atoms with Crippen LogP contribution in [-0.4, -0.2) is 34.9 Å². The van der Waals surface area contributed by atoms with Gasteiger partial charge in [0.05, 0.1) is 12.2 Å². The van der Waals surface area contributed by atoms with Crippen LogP contribution in [0.25, 0.3) is 5.69 Å². The highest BCUT2D eigenvalue weighted by atomic mass is 35.5. The Morgan fingerprint density at radius 3 is 2.52 bits per heavy atom. The van der Waals surface area contributed by atoms with Gasteiger partial charge in [-0.3, -0.25) is 0 Å². The Hall–Kier alpha value is -2.45. The minimum atomic E-state index is -0.135. The fraction of sp³-hybridized carbons (Fsp3) is 0.154. The van der Waals surface area contributed by atoms with Crippen LogP contribution in [0, 0.1) is 0 Å². The predicted octanol–water partition coefficient (Wildman–Crippen LogP) is 0.914. The Morgan fingerprint density at radius 1 is 1.17 bits per heavy atom. The van der Waals surface area contributed by atoms with Crippen molar-refractivity contribution in [3.8, 4) is 11.6 Å². The average molecular weight is 358 g/mol. The molecule has 0 aliphatic heterocycles. The monoisotopic (exact) mass is 357 g/mol. The maximum absolute atomic E-state index is 5.84. The van der Waals surface area contributed by atoms with E-state index in [1.54, 1.807) is 29.1 Å². The highest BCUT2D eigenvalue weighted by molar-refractivity contribution is 6.30. The van der Waals surface area contributed by atoms with E-state index in [2.05, 4.69) is 15.1 Å². The molecule has 1 heterocycles. The van der Waals surface area contributed by atoms with E-state index >= 15 is 0 Å². The van der Waals surface area contributed by atoms with E-state index < -0.39 is 0 Å². The quantitative estimate of drug-likeness (QED) is 0.416. The maximum Gasteiger partial charge on any atom is 0.233 e. The number of ether oxygens (including phenoxy) is 1. The summed E-state index contributed by atoms with van der Waals surface area (Å²) in [5.74, 6) is 0.352. The number of nitrogens with two attached hydrogens (primary N) is 3. The lowest BCUT2D eigenvalue weighted by molar-refractivity contribution is 0.314. The van der Waals surface area contributed by atoms with Gasteiger partial charge in [0.15, 0.2) is 5.96 Å². The first-order valence-corrected chi connectivity index (χ1v) is 6.76. The Kier molecular flexibility index (Phi) is 7.17. The van der Waals surface area contributed by atoms with Crippen LogP contribution in [0.2, 0.25) is 5.02 Å². The van der Waals surface area contributed by atoms with Crippen LogP contribution in [0.3, 0.4) is 0 Å². The first kappa shape index (κ1) is 18.6. The second kappa shape index (κ2) is 8.86. The Balaban J connectivity index is 0.00000264. The second-order valence-electron chi connectivity index (χ2n) is 4.20. The lowest BCUT2D eigenvalue weighted by Crippen LogP contribution is -2.26. The number of hydrogen-bond acceptors (Lipinski definition) is 3. The standard InChI is InChI=1S/C13H16ClN7O.ClH/c14-9-1-3-10(4-2-9)21-7-5-11(20-21)22-8-6-18-13(17)19-12(15)16;/h1-5,7H,6,8H2,(H6,15,16,17,18,19);1H. The third-order valence-corrected chi connectivity index (χ3v) is 2.77. The van der Waals surface area contributed by atoms with Crippen molar-refractivity contribution >= 4 is 35.9 Å². The Bertz CT molecular complexity index is 678. The van der Waals surface area contributed by atoms with Crippen molar-refractivity contribution in [1.82, 2.24) is 9.78 Å². The fourth-order valence-electron chi connectivity index (χ4n) is 1.60. The van der Waals surface area contributed by atoms with Crippen LogP contribution >= 0.6 is 24.0 Å². The highest BCUT2D eigenvalue weighted by Crippen LogP contribution is 2.15. The van der Waals surface area contributed by atoms with Crippen molar-refractivity contribution in [3.63, 3.8) is 0 Å². The van der Waals surface area contributed by atoms with Crippen LogP contribution in [0.1, 0.15) is 0 Å². The van der Waals surface area contributed by atoms with Gasteiger partial charge in [0.1, 0.15) is 6.61 Å². The van der Waals surface area contributed by atoms with E-state index in [1.807, 2.05) is 12.1 Å². The topological polar surface area (TPSA) is 130 Å². The summed E-state index contributed by atoms with van der Waals surface area (Å²) in [6.45, 7) is 0.620. The summed E-state index contributed by atoms with van der Waals surface area (Å²) in [5.41, 5.74) is 16.7. The molecular weight excluding hydrogens is 341 g/mol. The molecule has 0 bridgehead atoms. The van der Waals surface area contributed by atoms with Gasteiger partial charge in [0.25, 0.3) is 0 Å². The lowest BCUT2D eigenvalue weighted by atomic mass is 10.3. The minimum Gasteiger partial charge on any atom is -0.475 e. The van der Waals surface area contributed by atoms with Gasteiger partial charge in [-0.1, -0.05) is 11.6 Å². The Morgan fingerprint density at radius 2 is 1.87 bits per heavy atom. The molecule has 2 rings (SSSR count). The summed E-state index contributed by atoms with van der Waals surface area (Å²) in [6.07, 6.45) is 1.79. The molecule has 124 valence electrons. The molecule has 23 heavy (non-hydrogen) atoms. The molecule has 0 unspecified atom stereocenters. The van der Waals surface area contributed by atoms with Crippen molar-refractivity contribution in [1.29, 1.82) is 0 Å². The number of aromatic nitrogens is 2. The third-order valence-electron chi connectivity index (χ3n) is 2.51. The van der Waals surface area contributed by atoms with Crippen molar-refractivity contribution < 1.29 is 4.74 Å². The normalized spacial score (nSPS) is 10.7. The van der Waals surface area contributed by atoms with E-state index in [0.717, 1.165) is 5.69 Å². The molecule has 8 nitrogen and oxygen atoms in total. The molecule has 2 aromatic rings. The highest BCUT2D eigenvalue weighted by Gasteiger charge is 2.02. The van der Waals surface area contributed by atoms with E-state index in [0.29, 0.717) is 24.1 Å². The molecule has 10 heteroatoms. The molecular formula is C13H17Cl2N7O. The molecule has 0 amide bonds. The Labute approximate surface area is 144 Å². The SMILES string of the molecule is Cl.NC(N)=NC(N)=NCCOc1ccn(-c2ccc(Cl)cc2)n1. The van der Waals surface area contributed by atoms with E-state index in [1.165, 1.54) is 0 Å². The average Bonchev–Trinajstić information content (AvgIpc) is 2.92. The molecule has 1 aromatic carbocycles. The van der Waals surface area contributed by atoms with Crippen LogP contribution in [0.5, 0.6) is 5.88 Å². The molecule has 0 fully saturated rings. The zero-order chi connectivity index (χ0) is 15.9. The number of benzene rings is 1. The van der Waals surface area contributed by atoms with Crippen LogP contribution < -0.4 is 21.9 Å². The largest absolute Gasteiger partial charge is 0.475 e. The molecule has 0 spiro atoms. The van der Waals surface area contributed by atoms with Crippen molar-refractivity contribution in [2.45, 2.75) is 0 Å². The third kappa shape index (κ3) is 6.05. The summed E-state index contributed by atoms with van der Waals surface area (Å²) in [4.78, 5) is 7.51. The number of guanidine groups is 2. The van der Waals surface area contributed by atoms with Crippen LogP contribution in [0.4, 0.5) is 0 Å². The fourth-order valence-corrected chi connectivity index (χ4v) is 1.73. The van der Waals surface area contributed by atoms with E-state index in [4.69, 9.17) is 33.5 Å². The van der Waals surface area contributed by atoms with Gasteiger partial charge in [-0.25, -0.2) is 9.67 Å². The summed E-state index contributed by atoms with van der Waals surface area (Å²) in [5, 5.41) is 4.95. The smallest absolute Gasteiger partial charge is 0.233 e. The van der Waals surface area contributed by atoms with Crippen molar-refractivity contribution in [2.24, 2.45) is 27.2 Å².